The van der Waals surface area contributed by atoms with Crippen LogP contribution in [0.3, 0.4) is 0 Å². The molecule has 26 heavy (non-hydrogen) atoms. The van der Waals surface area contributed by atoms with Crippen molar-refractivity contribution in [1.29, 1.82) is 5.26 Å². The number of hydrogen-bond donors (Lipinski definition) is 2. The summed E-state index contributed by atoms with van der Waals surface area (Å²) in [5.41, 5.74) is 7.88. The number of unbranched alkanes of at least 4 members (excludes halogenated alkanes) is 1. The molecule has 6 nitrogen and oxygen atoms in total. The summed E-state index contributed by atoms with van der Waals surface area (Å²) in [6, 6.07) is 8.57. The van der Waals surface area contributed by atoms with E-state index in [1.807, 2.05) is 0 Å². The van der Waals surface area contributed by atoms with Crippen LogP contribution >= 0.6 is 12.2 Å². The summed E-state index contributed by atoms with van der Waals surface area (Å²) in [5, 5.41) is 12.7. The van der Waals surface area contributed by atoms with Gasteiger partial charge in [0.05, 0.1) is 0 Å². The van der Waals surface area contributed by atoms with Crippen molar-refractivity contribution in [3.63, 3.8) is 0 Å². The van der Waals surface area contributed by atoms with E-state index >= 15 is 0 Å². The van der Waals surface area contributed by atoms with Crippen LogP contribution in [0, 0.1) is 21.9 Å². The number of nitrogens with one attached hydrogen (secondary N) is 1. The highest BCUT2D eigenvalue weighted by molar-refractivity contribution is 7.71. The van der Waals surface area contributed by atoms with Gasteiger partial charge in [0.1, 0.15) is 23.3 Å². The van der Waals surface area contributed by atoms with Crippen molar-refractivity contribution >= 4 is 18.0 Å². The molecule has 0 saturated carbocycles. The van der Waals surface area contributed by atoms with Crippen LogP contribution in [-0.4, -0.2) is 22.2 Å². The van der Waals surface area contributed by atoms with Gasteiger partial charge < -0.3 is 20.2 Å². The van der Waals surface area contributed by atoms with Gasteiger partial charge in [0.2, 0.25) is 0 Å². The molecule has 2 aromatic rings. The quantitative estimate of drug-likeness (QED) is 0.575. The highest BCUT2D eigenvalue weighted by atomic mass is 32.1. The minimum absolute atomic E-state index is 0.224. The number of halogens is 1. The first-order valence-electron chi connectivity index (χ1n) is 8.37. The van der Waals surface area contributed by atoms with Gasteiger partial charge in [0, 0.05) is 27.2 Å². The molecule has 8 heteroatoms. The highest BCUT2D eigenvalue weighted by Crippen LogP contribution is 2.05. The zero-order chi connectivity index (χ0) is 19.1. The number of nitrogen functional groups attached to an aromatic ring is 1. The Kier molecular flexibility index (Phi) is 7.06. The van der Waals surface area contributed by atoms with E-state index in [1.54, 1.807) is 35.4 Å². The Labute approximate surface area is 157 Å². The molecule has 0 amide bonds. The van der Waals surface area contributed by atoms with Crippen molar-refractivity contribution in [3.05, 3.63) is 51.5 Å². The third-order valence-electron chi connectivity index (χ3n) is 4.11. The maximum absolute atomic E-state index is 12.8. The minimum atomic E-state index is -0.224. The number of nitrogens with zero attached hydrogens (tertiary/aromatic N) is 4. The standard InChI is InChI=1S/C18H23FN6S/c1-24-16(21)15(11-20)17(25(2)18(24)26)23-10-4-3-9-22-12-13-5-7-14(19)8-6-13/h5-8,22H,3-4,9-10,12,21H2,1-2H3. The molecular weight excluding hydrogens is 351 g/mol. The van der Waals surface area contributed by atoms with Gasteiger partial charge in [-0.15, -0.1) is 0 Å². The average Bonchev–Trinajstić information content (AvgIpc) is 2.64. The van der Waals surface area contributed by atoms with Gasteiger partial charge in [-0.25, -0.2) is 4.39 Å². The zero-order valence-electron chi connectivity index (χ0n) is 15.0. The summed E-state index contributed by atoms with van der Waals surface area (Å²) in [5.74, 6) is 0.105. The maximum Gasteiger partial charge on any atom is 0.182 e. The average molecular weight is 374 g/mol. The van der Waals surface area contributed by atoms with E-state index in [0.717, 1.165) is 24.9 Å². The number of nitriles is 1. The Hall–Kier alpha value is -2.50. The fourth-order valence-electron chi connectivity index (χ4n) is 2.54. The molecule has 0 aliphatic heterocycles. The van der Waals surface area contributed by atoms with Gasteiger partial charge in [-0.3, -0.25) is 4.99 Å². The molecule has 1 aromatic heterocycles. The summed E-state index contributed by atoms with van der Waals surface area (Å²) < 4.78 is 16.7. The number of anilines is 1. The molecule has 3 N–H and O–H groups in total. The lowest BCUT2D eigenvalue weighted by Gasteiger charge is -2.11. The maximum atomic E-state index is 12.8. The minimum Gasteiger partial charge on any atom is -0.384 e. The molecule has 0 aliphatic rings. The fraction of sp³-hybridized carbons (Fsp3) is 0.389. The van der Waals surface area contributed by atoms with Crippen LogP contribution < -0.4 is 16.5 Å². The third-order valence-corrected chi connectivity index (χ3v) is 4.66. The van der Waals surface area contributed by atoms with E-state index < -0.39 is 0 Å². The summed E-state index contributed by atoms with van der Waals surface area (Å²) in [7, 11) is 3.51. The predicted molar refractivity (Wildman–Crippen MR) is 102 cm³/mol. The van der Waals surface area contributed by atoms with E-state index in [1.165, 1.54) is 12.1 Å². The fourth-order valence-corrected chi connectivity index (χ4v) is 2.73. The van der Waals surface area contributed by atoms with Gasteiger partial charge in [-0.2, -0.15) is 5.26 Å². The molecule has 2 rings (SSSR count). The number of rotatable bonds is 7. The summed E-state index contributed by atoms with van der Waals surface area (Å²) in [6.45, 7) is 2.13. The second-order valence-electron chi connectivity index (χ2n) is 5.99. The molecule has 0 fully saturated rings. The lowest BCUT2D eigenvalue weighted by atomic mass is 10.2. The van der Waals surface area contributed by atoms with E-state index in [9.17, 15) is 9.65 Å². The van der Waals surface area contributed by atoms with Crippen LogP contribution in [0.15, 0.2) is 29.3 Å². The van der Waals surface area contributed by atoms with Crippen LogP contribution in [0.25, 0.3) is 0 Å². The number of benzene rings is 1. The number of aromatic nitrogens is 2. The highest BCUT2D eigenvalue weighted by Gasteiger charge is 2.08. The van der Waals surface area contributed by atoms with Crippen molar-refractivity contribution in [1.82, 2.24) is 14.5 Å². The van der Waals surface area contributed by atoms with Crippen molar-refractivity contribution < 1.29 is 4.39 Å². The Morgan fingerprint density at radius 2 is 1.92 bits per heavy atom. The van der Waals surface area contributed by atoms with Crippen LogP contribution in [0.2, 0.25) is 0 Å². The lowest BCUT2D eigenvalue weighted by molar-refractivity contribution is 0.613. The summed E-state index contributed by atoms with van der Waals surface area (Å²) in [6.07, 6.45) is 1.81. The summed E-state index contributed by atoms with van der Waals surface area (Å²) >= 11 is 5.31. The molecule has 0 spiro atoms. The van der Waals surface area contributed by atoms with Crippen molar-refractivity contribution in [2.75, 3.05) is 18.8 Å². The normalized spacial score (nSPS) is 11.5. The molecular formula is C18H23FN6S. The topological polar surface area (TPSA) is 84.1 Å². The van der Waals surface area contributed by atoms with Gasteiger partial charge >= 0.3 is 0 Å². The smallest absolute Gasteiger partial charge is 0.182 e. The molecule has 0 aliphatic carbocycles. The van der Waals surface area contributed by atoms with Crippen molar-refractivity contribution in [3.8, 4) is 6.07 Å². The van der Waals surface area contributed by atoms with E-state index in [4.69, 9.17) is 18.0 Å². The Morgan fingerprint density at radius 1 is 1.23 bits per heavy atom. The lowest BCUT2D eigenvalue weighted by Crippen LogP contribution is -2.28. The van der Waals surface area contributed by atoms with E-state index in [0.29, 0.717) is 34.7 Å². The molecule has 0 bridgehead atoms. The third kappa shape index (κ3) is 4.77. The van der Waals surface area contributed by atoms with E-state index in [2.05, 4.69) is 16.4 Å². The Balaban J connectivity index is 1.88. The second-order valence-corrected chi connectivity index (χ2v) is 6.35. The number of hydrogen-bond acceptors (Lipinski definition) is 5. The molecule has 0 atom stereocenters. The van der Waals surface area contributed by atoms with Crippen molar-refractivity contribution in [2.24, 2.45) is 19.1 Å². The molecule has 0 radical (unpaired) electrons. The predicted octanol–water partition coefficient (Wildman–Crippen LogP) is 2.16. The van der Waals surface area contributed by atoms with Gasteiger partial charge in [-0.1, -0.05) is 12.1 Å². The molecule has 138 valence electrons. The van der Waals surface area contributed by atoms with Crippen LogP contribution in [-0.2, 0) is 20.6 Å². The molecule has 1 aromatic carbocycles. The zero-order valence-corrected chi connectivity index (χ0v) is 15.8. The molecule has 0 saturated heterocycles. The second kappa shape index (κ2) is 9.27. The van der Waals surface area contributed by atoms with Crippen molar-refractivity contribution in [2.45, 2.75) is 19.4 Å². The van der Waals surface area contributed by atoms with Gasteiger partial charge in [-0.05, 0) is 49.3 Å². The van der Waals surface area contributed by atoms with Crippen LogP contribution in [0.1, 0.15) is 24.0 Å². The van der Waals surface area contributed by atoms with E-state index in [-0.39, 0.29) is 5.82 Å². The van der Waals surface area contributed by atoms with Gasteiger partial charge in [0.25, 0.3) is 0 Å². The molecule has 0 unspecified atom stereocenters. The Morgan fingerprint density at radius 3 is 2.58 bits per heavy atom. The number of nitrogens with two attached hydrogens (primary N) is 1. The SMILES string of the molecule is Cn1c(N)c(C#N)c(=NCCCCNCc2ccc(F)cc2)n(C)c1=S. The first-order chi connectivity index (χ1) is 12.5. The molecule has 1 heterocycles. The van der Waals surface area contributed by atoms with Crippen LogP contribution in [0.4, 0.5) is 10.2 Å². The Bertz CT molecular complexity index is 921. The first kappa shape index (κ1) is 19.8. The first-order valence-corrected chi connectivity index (χ1v) is 8.77. The largest absolute Gasteiger partial charge is 0.384 e. The summed E-state index contributed by atoms with van der Waals surface area (Å²) in [4.78, 5) is 4.52. The van der Waals surface area contributed by atoms with Gasteiger partial charge in [0.15, 0.2) is 10.3 Å². The van der Waals surface area contributed by atoms with Crippen LogP contribution in [0.5, 0.6) is 0 Å². The monoisotopic (exact) mass is 374 g/mol.